The van der Waals surface area contributed by atoms with Crippen LogP contribution in [0.3, 0.4) is 0 Å². The Labute approximate surface area is 189 Å². The van der Waals surface area contributed by atoms with Crippen LogP contribution in [0, 0.1) is 11.7 Å². The molecule has 0 spiro atoms. The van der Waals surface area contributed by atoms with Crippen LogP contribution in [0.25, 0.3) is 5.57 Å². The predicted octanol–water partition coefficient (Wildman–Crippen LogP) is 2.28. The first-order valence-electron chi connectivity index (χ1n) is 10.8. The summed E-state index contributed by atoms with van der Waals surface area (Å²) in [6.07, 6.45) is 2.66. The molecule has 3 atom stereocenters. The molecule has 1 aromatic carbocycles. The first kappa shape index (κ1) is 21.2. The monoisotopic (exact) mass is 456 g/mol. The maximum Gasteiger partial charge on any atom is 0.237 e. The Hall–Kier alpha value is -2.62. The van der Waals surface area contributed by atoms with E-state index in [9.17, 15) is 14.0 Å². The third-order valence-corrected chi connectivity index (χ3v) is 7.49. The van der Waals surface area contributed by atoms with Crippen LogP contribution in [-0.2, 0) is 16.1 Å². The number of rotatable bonds is 5. The van der Waals surface area contributed by atoms with Crippen LogP contribution in [0.2, 0.25) is 0 Å². The van der Waals surface area contributed by atoms with Gasteiger partial charge in [0.05, 0.1) is 18.8 Å². The number of hydrogen-bond donors (Lipinski definition) is 3. The number of thioether (sulfide) groups is 1. The minimum absolute atomic E-state index is 0.0266. The van der Waals surface area contributed by atoms with Crippen LogP contribution < -0.4 is 16.0 Å². The average molecular weight is 457 g/mol. The van der Waals surface area contributed by atoms with Gasteiger partial charge in [0.2, 0.25) is 11.8 Å². The van der Waals surface area contributed by atoms with Crippen LogP contribution in [0.4, 0.5) is 4.39 Å². The van der Waals surface area contributed by atoms with E-state index in [0.717, 1.165) is 11.3 Å². The van der Waals surface area contributed by atoms with Crippen LogP contribution in [0.5, 0.6) is 0 Å². The fourth-order valence-corrected chi connectivity index (χ4v) is 5.70. The molecule has 3 unspecified atom stereocenters. The number of furan rings is 1. The highest BCUT2D eigenvalue weighted by Gasteiger charge is 2.44. The summed E-state index contributed by atoms with van der Waals surface area (Å²) in [6.45, 7) is 1.75. The molecule has 2 fully saturated rings. The summed E-state index contributed by atoms with van der Waals surface area (Å²) in [5.41, 5.74) is 1.34. The molecule has 2 saturated heterocycles. The van der Waals surface area contributed by atoms with Gasteiger partial charge >= 0.3 is 0 Å². The molecular formula is C23H25FN4O3S. The Morgan fingerprint density at radius 3 is 2.78 bits per heavy atom. The second-order valence-corrected chi connectivity index (χ2v) is 9.29. The first-order valence-corrected chi connectivity index (χ1v) is 11.8. The van der Waals surface area contributed by atoms with E-state index in [-0.39, 0.29) is 41.1 Å². The number of likely N-dealkylation sites (tertiary alicyclic amines) is 1. The van der Waals surface area contributed by atoms with Gasteiger partial charge < -0.3 is 15.1 Å². The van der Waals surface area contributed by atoms with Gasteiger partial charge in [-0.05, 0) is 42.0 Å². The van der Waals surface area contributed by atoms with Crippen molar-refractivity contribution >= 4 is 29.1 Å². The minimum atomic E-state index is -0.343. The molecule has 4 heterocycles. The van der Waals surface area contributed by atoms with Gasteiger partial charge in [0.15, 0.2) is 0 Å². The molecule has 2 aromatic rings. The summed E-state index contributed by atoms with van der Waals surface area (Å²) in [5.74, 6) is 0.353. The van der Waals surface area contributed by atoms with Gasteiger partial charge in [-0.1, -0.05) is 18.2 Å². The highest BCUT2D eigenvalue weighted by Crippen LogP contribution is 2.39. The number of piperidine rings is 1. The summed E-state index contributed by atoms with van der Waals surface area (Å²) in [7, 11) is 0. The quantitative estimate of drug-likeness (QED) is 0.640. The summed E-state index contributed by atoms with van der Waals surface area (Å²) in [5, 5.41) is 11.1. The number of amides is 2. The number of halogens is 1. The Kier molecular flexibility index (Phi) is 6.03. The highest BCUT2D eigenvalue weighted by atomic mass is 32.2. The topological polar surface area (TPSA) is 86.6 Å². The molecule has 2 amide bonds. The zero-order valence-corrected chi connectivity index (χ0v) is 18.2. The largest absolute Gasteiger partial charge is 0.467 e. The maximum absolute atomic E-state index is 14.4. The number of hydrogen-bond acceptors (Lipinski definition) is 6. The lowest BCUT2D eigenvalue weighted by molar-refractivity contribution is -0.129. The predicted molar refractivity (Wildman–Crippen MR) is 119 cm³/mol. The third kappa shape index (κ3) is 4.20. The van der Waals surface area contributed by atoms with E-state index >= 15 is 0 Å². The molecular weight excluding hydrogens is 431 g/mol. The Balaban J connectivity index is 1.19. The van der Waals surface area contributed by atoms with E-state index in [2.05, 4.69) is 20.9 Å². The summed E-state index contributed by atoms with van der Waals surface area (Å²) in [6, 6.07) is 10.0. The molecule has 0 radical (unpaired) electrons. The third-order valence-electron chi connectivity index (χ3n) is 6.32. The molecule has 5 rings (SSSR count). The molecule has 0 bridgehead atoms. The van der Waals surface area contributed by atoms with Crippen molar-refractivity contribution < 1.29 is 18.4 Å². The lowest BCUT2D eigenvalue weighted by Gasteiger charge is -2.43. The Bertz CT molecular complexity index is 1020. The van der Waals surface area contributed by atoms with Crippen molar-refractivity contribution in [3.8, 4) is 0 Å². The number of nitrogens with one attached hydrogen (secondary N) is 3. The maximum atomic E-state index is 14.4. The fourth-order valence-electron chi connectivity index (χ4n) is 4.56. The zero-order chi connectivity index (χ0) is 22.1. The van der Waals surface area contributed by atoms with Crippen LogP contribution in [-0.4, -0.2) is 47.4 Å². The van der Waals surface area contributed by atoms with Crippen molar-refractivity contribution in [2.24, 2.45) is 5.92 Å². The molecule has 3 aliphatic heterocycles. The van der Waals surface area contributed by atoms with E-state index in [4.69, 9.17) is 4.42 Å². The standard InChI is InChI=1S/C23H25FN4O3S/c24-18-6-2-1-5-16(18)17-13-32-20-19(17)26-23(27-22(20)30)28-9-7-14(8-10-28)21(29)25-12-15-4-3-11-31-15/h1-6,11,13-14,19-20,23,26H,7-10,12H2,(H,25,29)(H,27,30). The van der Waals surface area contributed by atoms with Crippen molar-refractivity contribution in [1.29, 1.82) is 0 Å². The second kappa shape index (κ2) is 9.09. The lowest BCUT2D eigenvalue weighted by atomic mass is 9.94. The van der Waals surface area contributed by atoms with Crippen LogP contribution in [0.15, 0.2) is 52.5 Å². The number of fused-ring (bicyclic) bond motifs is 1. The first-order chi connectivity index (χ1) is 15.6. The van der Waals surface area contributed by atoms with Gasteiger partial charge in [0.25, 0.3) is 0 Å². The molecule has 0 saturated carbocycles. The van der Waals surface area contributed by atoms with Crippen molar-refractivity contribution in [2.45, 2.75) is 37.0 Å². The van der Waals surface area contributed by atoms with Crippen molar-refractivity contribution in [1.82, 2.24) is 20.9 Å². The average Bonchev–Trinajstić information content (AvgIpc) is 3.48. The number of carbonyl (C=O) groups excluding carboxylic acids is 2. The van der Waals surface area contributed by atoms with Crippen LogP contribution in [0.1, 0.15) is 24.2 Å². The van der Waals surface area contributed by atoms with Crippen LogP contribution >= 0.6 is 11.8 Å². The summed E-state index contributed by atoms with van der Waals surface area (Å²) in [4.78, 5) is 27.4. The van der Waals surface area contributed by atoms with E-state index in [0.29, 0.717) is 38.0 Å². The molecule has 168 valence electrons. The normalized spacial score (nSPS) is 26.3. The van der Waals surface area contributed by atoms with E-state index in [1.807, 2.05) is 11.5 Å². The van der Waals surface area contributed by atoms with Crippen molar-refractivity contribution in [3.05, 3.63) is 65.2 Å². The molecule has 32 heavy (non-hydrogen) atoms. The summed E-state index contributed by atoms with van der Waals surface area (Å²) >= 11 is 1.42. The van der Waals surface area contributed by atoms with E-state index in [1.165, 1.54) is 17.8 Å². The van der Waals surface area contributed by atoms with Crippen molar-refractivity contribution in [2.75, 3.05) is 13.1 Å². The number of carbonyl (C=O) groups is 2. The molecule has 3 aliphatic rings. The molecule has 3 N–H and O–H groups in total. The van der Waals surface area contributed by atoms with E-state index in [1.54, 1.807) is 30.5 Å². The van der Waals surface area contributed by atoms with Gasteiger partial charge in [-0.25, -0.2) is 4.39 Å². The molecule has 0 aliphatic carbocycles. The minimum Gasteiger partial charge on any atom is -0.467 e. The lowest BCUT2D eigenvalue weighted by Crippen LogP contribution is -2.68. The molecule has 9 heteroatoms. The number of benzene rings is 1. The molecule has 7 nitrogen and oxygen atoms in total. The van der Waals surface area contributed by atoms with Crippen molar-refractivity contribution in [3.63, 3.8) is 0 Å². The Morgan fingerprint density at radius 2 is 2.03 bits per heavy atom. The van der Waals surface area contributed by atoms with Gasteiger partial charge in [0, 0.05) is 24.6 Å². The highest BCUT2D eigenvalue weighted by molar-refractivity contribution is 8.04. The number of nitrogens with zero attached hydrogens (tertiary/aromatic N) is 1. The van der Waals surface area contributed by atoms with E-state index < -0.39 is 0 Å². The van der Waals surface area contributed by atoms with Gasteiger partial charge in [-0.15, -0.1) is 11.8 Å². The zero-order valence-electron chi connectivity index (χ0n) is 17.4. The Morgan fingerprint density at radius 1 is 1.22 bits per heavy atom. The summed E-state index contributed by atoms with van der Waals surface area (Å²) < 4.78 is 19.6. The van der Waals surface area contributed by atoms with Gasteiger partial charge in [0.1, 0.15) is 23.1 Å². The fraction of sp³-hybridized carbons (Fsp3) is 0.391. The second-order valence-electron chi connectivity index (χ2n) is 8.27. The van der Waals surface area contributed by atoms with Gasteiger partial charge in [-0.3, -0.25) is 19.8 Å². The molecule has 1 aromatic heterocycles. The SMILES string of the molecule is O=C(NCc1ccco1)C1CCN(C2NC(=O)C3SC=C(c4ccccc4F)C3N2)CC1. The van der Waals surface area contributed by atoms with Gasteiger partial charge in [-0.2, -0.15) is 0 Å². The smallest absolute Gasteiger partial charge is 0.237 e.